The highest BCUT2D eigenvalue weighted by molar-refractivity contribution is 7.80. The van der Waals surface area contributed by atoms with Crippen molar-refractivity contribution in [3.8, 4) is 0 Å². The van der Waals surface area contributed by atoms with E-state index in [9.17, 15) is 19.2 Å². The van der Waals surface area contributed by atoms with Crippen LogP contribution in [0.5, 0.6) is 0 Å². The van der Waals surface area contributed by atoms with Gasteiger partial charge in [0.25, 0.3) is 0 Å². The molecule has 166 valence electrons. The van der Waals surface area contributed by atoms with E-state index in [-0.39, 0.29) is 30.6 Å². The first-order valence-corrected chi connectivity index (χ1v) is 9.64. The number of hydrogen-bond acceptors (Lipinski definition) is 7. The Labute approximate surface area is 174 Å². The Bertz CT molecular complexity index is 610. The van der Waals surface area contributed by atoms with E-state index in [1.54, 1.807) is 13.8 Å². The molecular weight excluding hydrogens is 402 g/mol. The summed E-state index contributed by atoms with van der Waals surface area (Å²) in [5.41, 5.74) is 16.2. The SMILES string of the molecule is CC(C)C(N)C(=O)NC(CS)C(=O)NC(CCCN=C(N)N)C(=O)NCC(=O)O. The first-order chi connectivity index (χ1) is 13.5. The predicted octanol–water partition coefficient (Wildman–Crippen LogP) is -2.88. The predicted molar refractivity (Wildman–Crippen MR) is 111 cm³/mol. The number of carbonyl (C=O) groups is 4. The van der Waals surface area contributed by atoms with E-state index in [1.807, 2.05) is 0 Å². The molecule has 12 nitrogen and oxygen atoms in total. The van der Waals surface area contributed by atoms with Crippen LogP contribution >= 0.6 is 12.6 Å². The van der Waals surface area contributed by atoms with Crippen molar-refractivity contribution in [3.63, 3.8) is 0 Å². The van der Waals surface area contributed by atoms with Crippen molar-refractivity contribution in [2.75, 3.05) is 18.8 Å². The fourth-order valence-electron chi connectivity index (χ4n) is 2.10. The number of aliphatic imine (C=N–C) groups is 1. The number of carboxylic acid groups (broad SMARTS) is 1. The monoisotopic (exact) mass is 433 g/mol. The van der Waals surface area contributed by atoms with E-state index in [0.29, 0.717) is 6.42 Å². The maximum Gasteiger partial charge on any atom is 0.322 e. The van der Waals surface area contributed by atoms with Gasteiger partial charge in [0, 0.05) is 12.3 Å². The summed E-state index contributed by atoms with van der Waals surface area (Å²) < 4.78 is 0. The number of hydrogen-bond donors (Lipinski definition) is 8. The lowest BCUT2D eigenvalue weighted by Gasteiger charge is -2.23. The van der Waals surface area contributed by atoms with Gasteiger partial charge in [0.2, 0.25) is 17.7 Å². The number of aliphatic carboxylic acids is 1. The lowest BCUT2D eigenvalue weighted by Crippen LogP contribution is -2.57. The molecular formula is C16H31N7O5S. The minimum atomic E-state index is -1.23. The van der Waals surface area contributed by atoms with E-state index < -0.39 is 48.4 Å². The summed E-state index contributed by atoms with van der Waals surface area (Å²) >= 11 is 4.06. The number of nitrogens with one attached hydrogen (secondary N) is 3. The Morgan fingerprint density at radius 2 is 1.62 bits per heavy atom. The van der Waals surface area contributed by atoms with Gasteiger partial charge in [-0.1, -0.05) is 13.8 Å². The minimum Gasteiger partial charge on any atom is -0.480 e. The summed E-state index contributed by atoms with van der Waals surface area (Å²) in [6, 6.07) is -2.88. The molecule has 29 heavy (non-hydrogen) atoms. The van der Waals surface area contributed by atoms with Crippen LogP contribution in [0.1, 0.15) is 26.7 Å². The summed E-state index contributed by atoms with van der Waals surface area (Å²) in [6.07, 6.45) is 0.492. The zero-order chi connectivity index (χ0) is 22.6. The molecule has 3 amide bonds. The molecule has 13 heteroatoms. The lowest BCUT2D eigenvalue weighted by atomic mass is 10.0. The number of rotatable bonds is 13. The molecule has 3 unspecified atom stereocenters. The summed E-state index contributed by atoms with van der Waals surface area (Å²) in [5.74, 6) is -3.36. The van der Waals surface area contributed by atoms with Crippen molar-refractivity contribution in [1.29, 1.82) is 0 Å². The molecule has 0 aromatic carbocycles. The molecule has 0 radical (unpaired) electrons. The smallest absolute Gasteiger partial charge is 0.322 e. The van der Waals surface area contributed by atoms with Gasteiger partial charge in [-0.25, -0.2) is 0 Å². The molecule has 0 bridgehead atoms. The topological polar surface area (TPSA) is 215 Å². The third kappa shape index (κ3) is 11.1. The zero-order valence-corrected chi connectivity index (χ0v) is 17.4. The number of thiol groups is 1. The number of amides is 3. The highest BCUT2D eigenvalue weighted by Gasteiger charge is 2.28. The van der Waals surface area contributed by atoms with Gasteiger partial charge < -0.3 is 38.3 Å². The van der Waals surface area contributed by atoms with E-state index in [2.05, 4.69) is 33.6 Å². The van der Waals surface area contributed by atoms with Gasteiger partial charge in [0.15, 0.2) is 5.96 Å². The summed E-state index contributed by atoms with van der Waals surface area (Å²) in [5, 5.41) is 15.9. The Morgan fingerprint density at radius 3 is 2.10 bits per heavy atom. The number of nitrogens with zero attached hydrogens (tertiary/aromatic N) is 1. The molecule has 0 spiro atoms. The Hall–Kier alpha value is -2.54. The van der Waals surface area contributed by atoms with Crippen molar-refractivity contribution in [1.82, 2.24) is 16.0 Å². The second kappa shape index (κ2) is 13.6. The first kappa shape index (κ1) is 26.5. The van der Waals surface area contributed by atoms with E-state index in [4.69, 9.17) is 22.3 Å². The van der Waals surface area contributed by atoms with Crippen LogP contribution in [-0.2, 0) is 19.2 Å². The number of carboxylic acids is 1. The summed E-state index contributed by atoms with van der Waals surface area (Å²) in [4.78, 5) is 51.3. The molecule has 0 heterocycles. The summed E-state index contributed by atoms with van der Waals surface area (Å²) in [7, 11) is 0. The molecule has 0 aromatic rings. The third-order valence-corrected chi connectivity index (χ3v) is 4.19. The van der Waals surface area contributed by atoms with Crippen LogP contribution in [0.4, 0.5) is 0 Å². The largest absolute Gasteiger partial charge is 0.480 e. The maximum atomic E-state index is 12.5. The van der Waals surface area contributed by atoms with Crippen LogP contribution in [0.15, 0.2) is 4.99 Å². The number of guanidine groups is 1. The van der Waals surface area contributed by atoms with Crippen LogP contribution < -0.4 is 33.2 Å². The Balaban J connectivity index is 5.06. The highest BCUT2D eigenvalue weighted by atomic mass is 32.1. The summed E-state index contributed by atoms with van der Waals surface area (Å²) in [6.45, 7) is 3.14. The molecule has 3 atom stereocenters. The molecule has 0 saturated carbocycles. The van der Waals surface area contributed by atoms with Crippen molar-refractivity contribution < 1.29 is 24.3 Å². The Morgan fingerprint density at radius 1 is 1.03 bits per heavy atom. The van der Waals surface area contributed by atoms with Gasteiger partial charge in [-0.3, -0.25) is 24.2 Å². The lowest BCUT2D eigenvalue weighted by molar-refractivity contribution is -0.138. The minimum absolute atomic E-state index is 0.0279. The first-order valence-electron chi connectivity index (χ1n) is 9.01. The molecule has 0 rings (SSSR count). The van der Waals surface area contributed by atoms with Crippen LogP contribution in [0.3, 0.4) is 0 Å². The fraction of sp³-hybridized carbons (Fsp3) is 0.688. The van der Waals surface area contributed by atoms with Gasteiger partial charge in [-0.15, -0.1) is 0 Å². The van der Waals surface area contributed by atoms with Gasteiger partial charge in [0.05, 0.1) is 6.04 Å². The highest BCUT2D eigenvalue weighted by Crippen LogP contribution is 2.03. The fourth-order valence-corrected chi connectivity index (χ4v) is 2.35. The Kier molecular flexibility index (Phi) is 12.4. The average Bonchev–Trinajstić information content (AvgIpc) is 2.64. The standard InChI is InChI=1S/C16H31N7O5S/c1-8(2)12(17)15(28)23-10(7-29)14(27)22-9(4-3-5-20-16(18)19)13(26)21-6-11(24)25/h8-10,12,29H,3-7,17H2,1-2H3,(H,21,26)(H,22,27)(H,23,28)(H,24,25)(H4,18,19,20). The van der Waals surface area contributed by atoms with E-state index in [0.717, 1.165) is 0 Å². The quantitative estimate of drug-likeness (QED) is 0.0651. The number of carbonyl (C=O) groups excluding carboxylic acids is 3. The van der Waals surface area contributed by atoms with Crippen LogP contribution in [0.2, 0.25) is 0 Å². The van der Waals surface area contributed by atoms with Crippen molar-refractivity contribution in [2.45, 2.75) is 44.8 Å². The van der Waals surface area contributed by atoms with Gasteiger partial charge in [-0.05, 0) is 18.8 Å². The van der Waals surface area contributed by atoms with Crippen molar-refractivity contribution in [2.24, 2.45) is 28.1 Å². The van der Waals surface area contributed by atoms with Crippen LogP contribution in [0, 0.1) is 5.92 Å². The molecule has 0 saturated heterocycles. The second-order valence-electron chi connectivity index (χ2n) is 6.64. The molecule has 0 aliphatic rings. The zero-order valence-electron chi connectivity index (χ0n) is 16.6. The second-order valence-corrected chi connectivity index (χ2v) is 7.00. The molecule has 0 aliphatic carbocycles. The van der Waals surface area contributed by atoms with Crippen LogP contribution in [0.25, 0.3) is 0 Å². The van der Waals surface area contributed by atoms with Gasteiger partial charge >= 0.3 is 5.97 Å². The molecule has 0 aliphatic heterocycles. The molecule has 0 aromatic heterocycles. The normalized spacial score (nSPS) is 13.7. The van der Waals surface area contributed by atoms with Crippen LogP contribution in [-0.4, -0.2) is 71.7 Å². The van der Waals surface area contributed by atoms with Crippen molar-refractivity contribution >= 4 is 42.3 Å². The van der Waals surface area contributed by atoms with Gasteiger partial charge in [-0.2, -0.15) is 12.6 Å². The number of nitrogens with two attached hydrogens (primary N) is 3. The van der Waals surface area contributed by atoms with E-state index in [1.165, 1.54) is 0 Å². The molecule has 10 N–H and O–H groups in total. The van der Waals surface area contributed by atoms with Crippen molar-refractivity contribution in [3.05, 3.63) is 0 Å². The van der Waals surface area contributed by atoms with Gasteiger partial charge in [0.1, 0.15) is 18.6 Å². The third-order valence-electron chi connectivity index (χ3n) is 3.83. The molecule has 0 fully saturated rings. The van der Waals surface area contributed by atoms with E-state index >= 15 is 0 Å². The maximum absolute atomic E-state index is 12.5. The average molecular weight is 434 g/mol.